The smallest absolute Gasteiger partial charge is 0.407 e. The molecule has 1 saturated carbocycles. The van der Waals surface area contributed by atoms with Crippen LogP contribution in [0.3, 0.4) is 0 Å². The van der Waals surface area contributed by atoms with Gasteiger partial charge in [0.15, 0.2) is 0 Å². The highest BCUT2D eigenvalue weighted by atomic mass is 16.6. The second-order valence-corrected chi connectivity index (χ2v) is 6.06. The van der Waals surface area contributed by atoms with E-state index in [1.54, 1.807) is 0 Å². The van der Waals surface area contributed by atoms with Crippen LogP contribution < -0.4 is 10.6 Å². The predicted octanol–water partition coefficient (Wildman–Crippen LogP) is 2.68. The molecule has 1 heterocycles. The summed E-state index contributed by atoms with van der Waals surface area (Å²) in [6, 6.07) is 9.41. The van der Waals surface area contributed by atoms with Crippen LogP contribution in [0, 0.1) is 0 Å². The van der Waals surface area contributed by atoms with Gasteiger partial charge in [-0.25, -0.2) is 4.79 Å². The molecule has 1 aliphatic carbocycles. The Labute approximate surface area is 130 Å². The minimum absolute atomic E-state index is 0.0241. The van der Waals surface area contributed by atoms with Crippen molar-refractivity contribution in [1.29, 1.82) is 0 Å². The summed E-state index contributed by atoms with van der Waals surface area (Å²) in [5.74, 6) is 0.0241. The van der Waals surface area contributed by atoms with Crippen molar-refractivity contribution in [3.8, 4) is 0 Å². The second kappa shape index (κ2) is 6.81. The zero-order valence-corrected chi connectivity index (χ0v) is 12.6. The Morgan fingerprint density at radius 1 is 1.14 bits per heavy atom. The number of alkyl carbamates (subject to hydrolysis) is 1. The van der Waals surface area contributed by atoms with Crippen LogP contribution in [0.2, 0.25) is 0 Å². The second-order valence-electron chi connectivity index (χ2n) is 6.06. The van der Waals surface area contributed by atoms with Gasteiger partial charge in [-0.3, -0.25) is 4.79 Å². The van der Waals surface area contributed by atoms with Crippen molar-refractivity contribution >= 4 is 12.0 Å². The van der Waals surface area contributed by atoms with Crippen molar-refractivity contribution in [3.63, 3.8) is 0 Å². The summed E-state index contributed by atoms with van der Waals surface area (Å²) in [5.41, 5.74) is 1.00. The minimum atomic E-state index is -0.367. The number of hydrogen-bond donors (Lipinski definition) is 2. The van der Waals surface area contributed by atoms with Crippen LogP contribution >= 0.6 is 0 Å². The fraction of sp³-hybridized carbons (Fsp3) is 0.529. The van der Waals surface area contributed by atoms with E-state index in [-0.39, 0.29) is 30.2 Å². The number of benzene rings is 1. The first kappa shape index (κ1) is 14.9. The Morgan fingerprint density at radius 2 is 1.86 bits per heavy atom. The zero-order valence-electron chi connectivity index (χ0n) is 12.6. The Balaban J connectivity index is 1.64. The molecule has 5 nitrogen and oxygen atoms in total. The maximum Gasteiger partial charge on any atom is 0.407 e. The maximum atomic E-state index is 12.1. The lowest BCUT2D eigenvalue weighted by Crippen LogP contribution is -2.50. The van der Waals surface area contributed by atoms with E-state index in [1.807, 2.05) is 30.3 Å². The molecule has 118 valence electrons. The summed E-state index contributed by atoms with van der Waals surface area (Å²) < 4.78 is 5.46. The standard InChI is InChI=1S/C17H22N2O3/c20-15-11-10-14(16(19-15)12-6-2-1-3-7-12)18-17(21)22-13-8-4-5-9-13/h1-3,6-7,13-14,16H,4-5,8-11H2,(H,18,21)(H,19,20)/t14-,16+/m1/s1. The molecule has 2 amide bonds. The van der Waals surface area contributed by atoms with Crippen molar-refractivity contribution in [2.45, 2.75) is 56.7 Å². The Bertz CT molecular complexity index is 526. The molecule has 1 saturated heterocycles. The molecule has 0 spiro atoms. The normalized spacial score (nSPS) is 25.5. The number of piperidine rings is 1. The van der Waals surface area contributed by atoms with E-state index in [2.05, 4.69) is 10.6 Å². The summed E-state index contributed by atoms with van der Waals surface area (Å²) in [6.07, 6.45) is 4.91. The lowest BCUT2D eigenvalue weighted by Gasteiger charge is -2.33. The van der Waals surface area contributed by atoms with Crippen LogP contribution in [-0.4, -0.2) is 24.1 Å². The summed E-state index contributed by atoms with van der Waals surface area (Å²) in [6.45, 7) is 0. The topological polar surface area (TPSA) is 67.4 Å². The van der Waals surface area contributed by atoms with Crippen LogP contribution in [0.25, 0.3) is 0 Å². The highest BCUT2D eigenvalue weighted by molar-refractivity contribution is 5.78. The molecular weight excluding hydrogens is 280 g/mol. The van der Waals surface area contributed by atoms with Crippen molar-refractivity contribution in [2.24, 2.45) is 0 Å². The predicted molar refractivity (Wildman–Crippen MR) is 82.2 cm³/mol. The van der Waals surface area contributed by atoms with Crippen molar-refractivity contribution in [2.75, 3.05) is 0 Å². The van der Waals surface area contributed by atoms with Gasteiger partial charge < -0.3 is 15.4 Å². The van der Waals surface area contributed by atoms with Gasteiger partial charge in [-0.05, 0) is 37.7 Å². The van der Waals surface area contributed by atoms with Gasteiger partial charge in [-0.15, -0.1) is 0 Å². The number of nitrogens with one attached hydrogen (secondary N) is 2. The molecule has 2 fully saturated rings. The molecule has 22 heavy (non-hydrogen) atoms. The first-order valence-corrected chi connectivity index (χ1v) is 8.04. The summed E-state index contributed by atoms with van der Waals surface area (Å²) in [4.78, 5) is 23.8. The van der Waals surface area contributed by atoms with Gasteiger partial charge in [0.2, 0.25) is 5.91 Å². The molecule has 2 atom stereocenters. The van der Waals surface area contributed by atoms with E-state index in [1.165, 1.54) is 0 Å². The molecule has 2 N–H and O–H groups in total. The Hall–Kier alpha value is -2.04. The van der Waals surface area contributed by atoms with Gasteiger partial charge in [0.1, 0.15) is 6.10 Å². The molecule has 1 aromatic rings. The number of carbonyl (C=O) groups excluding carboxylic acids is 2. The minimum Gasteiger partial charge on any atom is -0.446 e. The average Bonchev–Trinajstić information content (AvgIpc) is 3.03. The maximum absolute atomic E-state index is 12.1. The Morgan fingerprint density at radius 3 is 2.59 bits per heavy atom. The van der Waals surface area contributed by atoms with Gasteiger partial charge in [0, 0.05) is 6.42 Å². The zero-order chi connectivity index (χ0) is 15.4. The summed E-state index contributed by atoms with van der Waals surface area (Å²) in [5, 5.41) is 5.91. The summed E-state index contributed by atoms with van der Waals surface area (Å²) in [7, 11) is 0. The van der Waals surface area contributed by atoms with E-state index in [0.717, 1.165) is 31.2 Å². The van der Waals surface area contributed by atoms with Crippen LogP contribution in [0.5, 0.6) is 0 Å². The third-order valence-electron chi connectivity index (χ3n) is 4.44. The first-order valence-electron chi connectivity index (χ1n) is 8.04. The van der Waals surface area contributed by atoms with Crippen molar-refractivity contribution in [1.82, 2.24) is 10.6 Å². The van der Waals surface area contributed by atoms with E-state index in [4.69, 9.17) is 4.74 Å². The highest BCUT2D eigenvalue weighted by Crippen LogP contribution is 2.25. The molecule has 0 unspecified atom stereocenters. The molecule has 1 aliphatic heterocycles. The molecular formula is C17H22N2O3. The van der Waals surface area contributed by atoms with Crippen LogP contribution in [-0.2, 0) is 9.53 Å². The van der Waals surface area contributed by atoms with Gasteiger partial charge in [-0.1, -0.05) is 30.3 Å². The number of amides is 2. The molecule has 0 radical (unpaired) electrons. The molecule has 5 heteroatoms. The number of carbonyl (C=O) groups is 2. The fourth-order valence-electron chi connectivity index (χ4n) is 3.27. The van der Waals surface area contributed by atoms with E-state index in [0.29, 0.717) is 12.8 Å². The number of hydrogen-bond acceptors (Lipinski definition) is 3. The van der Waals surface area contributed by atoms with E-state index < -0.39 is 0 Å². The fourth-order valence-corrected chi connectivity index (χ4v) is 3.27. The highest BCUT2D eigenvalue weighted by Gasteiger charge is 2.32. The van der Waals surface area contributed by atoms with Crippen LogP contribution in [0.15, 0.2) is 30.3 Å². The number of rotatable bonds is 3. The average molecular weight is 302 g/mol. The molecule has 0 aromatic heterocycles. The lowest BCUT2D eigenvalue weighted by molar-refractivity contribution is -0.123. The molecule has 1 aromatic carbocycles. The number of ether oxygens (including phenoxy) is 1. The molecule has 2 aliphatic rings. The van der Waals surface area contributed by atoms with E-state index in [9.17, 15) is 9.59 Å². The van der Waals surface area contributed by atoms with Gasteiger partial charge in [0.05, 0.1) is 12.1 Å². The van der Waals surface area contributed by atoms with Gasteiger partial charge in [-0.2, -0.15) is 0 Å². The quantitative estimate of drug-likeness (QED) is 0.902. The first-order chi connectivity index (χ1) is 10.7. The Kier molecular flexibility index (Phi) is 4.61. The SMILES string of the molecule is O=C1CC[C@@H](NC(=O)OC2CCCC2)[C@H](c2ccccc2)N1. The molecule has 3 rings (SSSR count). The summed E-state index contributed by atoms with van der Waals surface area (Å²) >= 11 is 0. The monoisotopic (exact) mass is 302 g/mol. The lowest BCUT2D eigenvalue weighted by atomic mass is 9.92. The largest absolute Gasteiger partial charge is 0.446 e. The van der Waals surface area contributed by atoms with Crippen LogP contribution in [0.1, 0.15) is 50.1 Å². The third kappa shape index (κ3) is 3.59. The molecule has 0 bridgehead atoms. The van der Waals surface area contributed by atoms with Gasteiger partial charge >= 0.3 is 6.09 Å². The van der Waals surface area contributed by atoms with Crippen LogP contribution in [0.4, 0.5) is 4.79 Å². The van der Waals surface area contributed by atoms with E-state index >= 15 is 0 Å². The van der Waals surface area contributed by atoms with Crippen molar-refractivity contribution in [3.05, 3.63) is 35.9 Å². The van der Waals surface area contributed by atoms with Crippen molar-refractivity contribution < 1.29 is 14.3 Å². The third-order valence-corrected chi connectivity index (χ3v) is 4.44. The van der Waals surface area contributed by atoms with Gasteiger partial charge in [0.25, 0.3) is 0 Å².